The molecule has 0 N–H and O–H groups in total. The van der Waals surface area contributed by atoms with Crippen molar-refractivity contribution in [3.63, 3.8) is 0 Å². The first kappa shape index (κ1) is 9.15. The molecule has 0 aromatic carbocycles. The third-order valence-corrected chi connectivity index (χ3v) is 1.82. The van der Waals surface area contributed by atoms with Crippen LogP contribution >= 0.6 is 0 Å². The molecule has 0 amide bonds. The third kappa shape index (κ3) is 1.11. The molecule has 6 heteroatoms. The summed E-state index contributed by atoms with van der Waals surface area (Å²) in [4.78, 5) is 0. The monoisotopic (exact) mass is 184 g/mol. The minimum Gasteiger partial charge on any atom is -0.215 e. The highest BCUT2D eigenvalue weighted by molar-refractivity contribution is 5.09. The zero-order valence-corrected chi connectivity index (χ0v) is 6.56. The Labute approximate surface area is 66.9 Å². The molecule has 0 radical (unpaired) electrons. The normalized spacial score (nSPS) is 31.5. The van der Waals surface area contributed by atoms with Gasteiger partial charge in [-0.15, -0.1) is 0 Å². The predicted octanol–water partition coefficient (Wildman–Crippen LogP) is 2.22. The summed E-state index contributed by atoms with van der Waals surface area (Å²) >= 11 is 0. The molecule has 0 saturated heterocycles. The van der Waals surface area contributed by atoms with E-state index >= 15 is 0 Å². The number of allylic oxidation sites excluding steroid dienone is 2. The first-order chi connectivity index (χ1) is 5.46. The van der Waals surface area contributed by atoms with Crippen LogP contribution in [-0.2, 0) is 0 Å². The van der Waals surface area contributed by atoms with Crippen molar-refractivity contribution in [2.45, 2.75) is 26.4 Å². The summed E-state index contributed by atoms with van der Waals surface area (Å²) in [6.07, 6.45) is -5.20. The topological polar surface area (TPSA) is 6.48 Å². The van der Waals surface area contributed by atoms with E-state index in [1.165, 1.54) is 13.8 Å². The van der Waals surface area contributed by atoms with Gasteiger partial charge in [-0.2, -0.15) is 10.2 Å². The van der Waals surface area contributed by atoms with Crippen molar-refractivity contribution in [1.29, 1.82) is 0 Å². The Hall–Kier alpha value is -0.940. The number of alkyl halides is 2. The molecule has 2 unspecified atom stereocenters. The standard InChI is InChI=1S/C6H8F4N2/c1-3-4(2)12(10)6(8)5(7)11(3)9/h5-6H,1-2H3. The van der Waals surface area contributed by atoms with Gasteiger partial charge in [0.2, 0.25) is 0 Å². The van der Waals surface area contributed by atoms with E-state index in [0.29, 0.717) is 0 Å². The minimum absolute atomic E-state index is 0.265. The molecule has 0 aliphatic carbocycles. The first-order valence-corrected chi connectivity index (χ1v) is 3.32. The van der Waals surface area contributed by atoms with Gasteiger partial charge in [0.15, 0.2) is 0 Å². The highest BCUT2D eigenvalue weighted by atomic mass is 19.2. The number of nitrogens with zero attached hydrogens (tertiary/aromatic N) is 2. The van der Waals surface area contributed by atoms with Gasteiger partial charge < -0.3 is 0 Å². The lowest BCUT2D eigenvalue weighted by Crippen LogP contribution is -2.45. The molecule has 1 aliphatic rings. The number of hydrogen-bond donors (Lipinski definition) is 0. The molecule has 1 rings (SSSR count). The van der Waals surface area contributed by atoms with Crippen LogP contribution in [0.25, 0.3) is 0 Å². The van der Waals surface area contributed by atoms with Gasteiger partial charge in [0.05, 0.1) is 11.4 Å². The van der Waals surface area contributed by atoms with Crippen LogP contribution < -0.4 is 0 Å². The van der Waals surface area contributed by atoms with E-state index in [-0.39, 0.29) is 11.4 Å². The molecule has 1 heterocycles. The van der Waals surface area contributed by atoms with E-state index in [1.807, 2.05) is 0 Å². The van der Waals surface area contributed by atoms with Crippen LogP contribution in [0.1, 0.15) is 13.8 Å². The Balaban J connectivity index is 3.00. The SMILES string of the molecule is CC1=C(C)N(F)C(F)C(F)N1F. The lowest BCUT2D eigenvalue weighted by Gasteiger charge is -2.33. The van der Waals surface area contributed by atoms with Crippen LogP contribution in [-0.4, -0.2) is 22.8 Å². The summed E-state index contributed by atoms with van der Waals surface area (Å²) in [5, 5.41) is -0.841. The van der Waals surface area contributed by atoms with E-state index in [4.69, 9.17) is 0 Å². The fraction of sp³-hybridized carbons (Fsp3) is 0.667. The zero-order chi connectivity index (χ0) is 9.46. The fourth-order valence-electron chi connectivity index (χ4n) is 0.895. The maximum atomic E-state index is 12.6. The van der Waals surface area contributed by atoms with Gasteiger partial charge in [0, 0.05) is 0 Å². The molecule has 0 fully saturated rings. The van der Waals surface area contributed by atoms with Crippen molar-refractivity contribution in [2.75, 3.05) is 0 Å². The molecular weight excluding hydrogens is 176 g/mol. The van der Waals surface area contributed by atoms with Crippen LogP contribution in [0.5, 0.6) is 0 Å². The van der Waals surface area contributed by atoms with E-state index in [1.54, 1.807) is 0 Å². The van der Waals surface area contributed by atoms with Gasteiger partial charge in [-0.25, -0.2) is 8.78 Å². The lowest BCUT2D eigenvalue weighted by molar-refractivity contribution is -0.186. The molecule has 0 aromatic rings. The molecule has 12 heavy (non-hydrogen) atoms. The molecule has 0 bridgehead atoms. The van der Waals surface area contributed by atoms with Crippen molar-refractivity contribution in [2.24, 2.45) is 0 Å². The number of hydrogen-bond acceptors (Lipinski definition) is 2. The van der Waals surface area contributed by atoms with Crippen molar-refractivity contribution in [1.82, 2.24) is 10.2 Å². The van der Waals surface area contributed by atoms with Crippen LogP contribution in [0.3, 0.4) is 0 Å². The predicted molar refractivity (Wildman–Crippen MR) is 34.1 cm³/mol. The van der Waals surface area contributed by atoms with Crippen molar-refractivity contribution >= 4 is 0 Å². The van der Waals surface area contributed by atoms with Crippen molar-refractivity contribution in [3.05, 3.63) is 11.4 Å². The van der Waals surface area contributed by atoms with Crippen LogP contribution in [0.2, 0.25) is 0 Å². The van der Waals surface area contributed by atoms with Gasteiger partial charge >= 0.3 is 0 Å². The third-order valence-electron chi connectivity index (χ3n) is 1.82. The highest BCUT2D eigenvalue weighted by Crippen LogP contribution is 2.30. The van der Waals surface area contributed by atoms with Gasteiger partial charge in [-0.3, -0.25) is 0 Å². The highest BCUT2D eigenvalue weighted by Gasteiger charge is 2.40. The van der Waals surface area contributed by atoms with Gasteiger partial charge in [-0.05, 0) is 13.8 Å². The molecule has 70 valence electrons. The van der Waals surface area contributed by atoms with E-state index in [9.17, 15) is 17.7 Å². The Kier molecular flexibility index (Phi) is 2.16. The van der Waals surface area contributed by atoms with Crippen LogP contribution in [0, 0.1) is 0 Å². The Morgan fingerprint density at radius 3 is 1.42 bits per heavy atom. The van der Waals surface area contributed by atoms with E-state index < -0.39 is 22.8 Å². The van der Waals surface area contributed by atoms with E-state index in [0.717, 1.165) is 0 Å². The Morgan fingerprint density at radius 2 is 1.17 bits per heavy atom. The summed E-state index contributed by atoms with van der Waals surface area (Å²) < 4.78 is 50.2. The van der Waals surface area contributed by atoms with Gasteiger partial charge in [-0.1, -0.05) is 8.96 Å². The lowest BCUT2D eigenvalue weighted by atomic mass is 10.3. The second-order valence-corrected chi connectivity index (χ2v) is 2.54. The molecular formula is C6H8F4N2. The molecule has 0 saturated carbocycles. The smallest absolute Gasteiger partial charge is 0.215 e. The van der Waals surface area contributed by atoms with Crippen LogP contribution in [0.4, 0.5) is 17.7 Å². The number of halogens is 4. The second-order valence-electron chi connectivity index (χ2n) is 2.54. The molecule has 0 aromatic heterocycles. The van der Waals surface area contributed by atoms with Gasteiger partial charge in [0.25, 0.3) is 12.6 Å². The summed E-state index contributed by atoms with van der Waals surface area (Å²) in [6, 6.07) is 0. The molecule has 2 atom stereocenters. The average molecular weight is 184 g/mol. The van der Waals surface area contributed by atoms with Crippen LogP contribution in [0.15, 0.2) is 11.4 Å². The molecule has 2 nitrogen and oxygen atoms in total. The minimum atomic E-state index is -2.60. The second kappa shape index (κ2) is 2.84. The summed E-state index contributed by atoms with van der Waals surface area (Å²) in [5.74, 6) is 0. The quantitative estimate of drug-likeness (QED) is 0.323. The Morgan fingerprint density at radius 1 is 0.917 bits per heavy atom. The molecule has 1 aliphatic heterocycles. The van der Waals surface area contributed by atoms with E-state index in [2.05, 4.69) is 0 Å². The van der Waals surface area contributed by atoms with Crippen molar-refractivity contribution in [3.8, 4) is 0 Å². The zero-order valence-electron chi connectivity index (χ0n) is 6.56. The summed E-state index contributed by atoms with van der Waals surface area (Å²) in [6.45, 7) is 2.33. The fourth-order valence-corrected chi connectivity index (χ4v) is 0.895. The maximum Gasteiger partial charge on any atom is 0.251 e. The summed E-state index contributed by atoms with van der Waals surface area (Å²) in [5.41, 5.74) is -0.530. The number of rotatable bonds is 0. The first-order valence-electron chi connectivity index (χ1n) is 3.32. The summed E-state index contributed by atoms with van der Waals surface area (Å²) in [7, 11) is 0. The molecule has 0 spiro atoms. The maximum absolute atomic E-state index is 12.6. The largest absolute Gasteiger partial charge is 0.251 e. The Bertz CT molecular complexity index is 196. The van der Waals surface area contributed by atoms with Crippen molar-refractivity contribution < 1.29 is 17.7 Å². The average Bonchev–Trinajstić information content (AvgIpc) is 2.08. The van der Waals surface area contributed by atoms with Gasteiger partial charge in [0.1, 0.15) is 0 Å².